The molecule has 4 rings (SSSR count). The van der Waals surface area contributed by atoms with Crippen molar-refractivity contribution >= 4 is 16.8 Å². The van der Waals surface area contributed by atoms with Gasteiger partial charge in [0.25, 0.3) is 5.91 Å². The van der Waals surface area contributed by atoms with Crippen molar-refractivity contribution in [3.8, 4) is 0 Å². The highest BCUT2D eigenvalue weighted by Gasteiger charge is 2.30. The van der Waals surface area contributed by atoms with E-state index < -0.39 is 0 Å². The molecule has 0 radical (unpaired) electrons. The molecule has 0 aliphatic carbocycles. The molecule has 3 heterocycles. The topological polar surface area (TPSA) is 51.0 Å². The average Bonchev–Trinajstić information content (AvgIpc) is 3.26. The maximum absolute atomic E-state index is 13.3. The zero-order valence-electron chi connectivity index (χ0n) is 14.6. The molecule has 1 aliphatic rings. The molecule has 0 saturated carbocycles. The summed E-state index contributed by atoms with van der Waals surface area (Å²) in [5.41, 5.74) is 3.67. The summed E-state index contributed by atoms with van der Waals surface area (Å²) >= 11 is 0. The van der Waals surface area contributed by atoms with Crippen LogP contribution in [-0.4, -0.2) is 38.2 Å². The van der Waals surface area contributed by atoms with E-state index in [9.17, 15) is 4.79 Å². The van der Waals surface area contributed by atoms with Crippen LogP contribution >= 0.6 is 0 Å². The van der Waals surface area contributed by atoms with Crippen molar-refractivity contribution in [2.75, 3.05) is 6.54 Å². The lowest BCUT2D eigenvalue weighted by Crippen LogP contribution is -2.38. The third kappa shape index (κ3) is 3.02. The Balaban J connectivity index is 1.70. The van der Waals surface area contributed by atoms with Gasteiger partial charge in [0, 0.05) is 30.0 Å². The van der Waals surface area contributed by atoms with Gasteiger partial charge in [-0.2, -0.15) is 5.10 Å². The number of likely N-dealkylation sites (tertiary alicyclic amines) is 1. The highest BCUT2D eigenvalue weighted by atomic mass is 16.2. The third-order valence-electron chi connectivity index (χ3n) is 4.92. The molecule has 0 unspecified atom stereocenters. The first-order chi connectivity index (χ1) is 12.1. The number of rotatable bonds is 3. The number of amides is 1. The molecule has 2 aromatic heterocycles. The summed E-state index contributed by atoms with van der Waals surface area (Å²) in [7, 11) is 0. The number of hydrogen-bond donors (Lipinski definition) is 0. The first-order valence-electron chi connectivity index (χ1n) is 8.78. The number of aromatic nitrogens is 3. The predicted octanol–water partition coefficient (Wildman–Crippen LogP) is 3.35. The van der Waals surface area contributed by atoms with Crippen LogP contribution in [0, 0.1) is 13.8 Å². The van der Waals surface area contributed by atoms with Gasteiger partial charge in [0.15, 0.2) is 0 Å². The summed E-state index contributed by atoms with van der Waals surface area (Å²) in [6.07, 6.45) is 5.80. The standard InChI is InChI=1S/C20H22N4O/c1-14-6-7-19-17(11-14)18(12-15(2)22-19)20(25)24-10-3-5-16(24)13-23-9-4-8-21-23/h4,6-9,11-12,16H,3,5,10,13H2,1-2H3/t16-/m1/s1. The van der Waals surface area contributed by atoms with Gasteiger partial charge >= 0.3 is 0 Å². The minimum atomic E-state index is 0.107. The van der Waals surface area contributed by atoms with E-state index in [0.717, 1.165) is 53.7 Å². The summed E-state index contributed by atoms with van der Waals surface area (Å²) in [6, 6.07) is 10.1. The van der Waals surface area contributed by atoms with Gasteiger partial charge < -0.3 is 4.90 Å². The Hall–Kier alpha value is -2.69. The minimum Gasteiger partial charge on any atom is -0.334 e. The van der Waals surface area contributed by atoms with Crippen LogP contribution in [0.1, 0.15) is 34.5 Å². The van der Waals surface area contributed by atoms with Gasteiger partial charge in [0.2, 0.25) is 0 Å². The first-order valence-corrected chi connectivity index (χ1v) is 8.78. The summed E-state index contributed by atoms with van der Waals surface area (Å²) in [4.78, 5) is 19.9. The minimum absolute atomic E-state index is 0.107. The van der Waals surface area contributed by atoms with Gasteiger partial charge in [0.1, 0.15) is 0 Å². The summed E-state index contributed by atoms with van der Waals surface area (Å²) in [5.74, 6) is 0.107. The molecule has 0 bridgehead atoms. The lowest BCUT2D eigenvalue weighted by molar-refractivity contribution is 0.0723. The molecular formula is C20H22N4O. The molecule has 1 amide bonds. The van der Waals surface area contributed by atoms with E-state index in [0.29, 0.717) is 0 Å². The molecule has 1 aromatic carbocycles. The van der Waals surface area contributed by atoms with E-state index in [-0.39, 0.29) is 11.9 Å². The Kier molecular flexibility index (Phi) is 3.99. The Bertz CT molecular complexity index is 917. The molecule has 0 spiro atoms. The van der Waals surface area contributed by atoms with E-state index >= 15 is 0 Å². The molecular weight excluding hydrogens is 312 g/mol. The van der Waals surface area contributed by atoms with E-state index in [1.54, 1.807) is 6.20 Å². The molecule has 5 nitrogen and oxygen atoms in total. The van der Waals surface area contributed by atoms with Crippen molar-refractivity contribution in [3.63, 3.8) is 0 Å². The van der Waals surface area contributed by atoms with Gasteiger partial charge in [-0.05, 0) is 51.0 Å². The van der Waals surface area contributed by atoms with E-state index in [1.165, 1.54) is 0 Å². The number of nitrogens with zero attached hydrogens (tertiary/aromatic N) is 4. The third-order valence-corrected chi connectivity index (χ3v) is 4.92. The van der Waals surface area contributed by atoms with Gasteiger partial charge in [-0.1, -0.05) is 11.6 Å². The molecule has 5 heteroatoms. The highest BCUT2D eigenvalue weighted by Crippen LogP contribution is 2.26. The molecule has 1 fully saturated rings. The van der Waals surface area contributed by atoms with Crippen LogP contribution in [0.3, 0.4) is 0 Å². The van der Waals surface area contributed by atoms with Crippen LogP contribution in [0.5, 0.6) is 0 Å². The lowest BCUT2D eigenvalue weighted by atomic mass is 10.0. The van der Waals surface area contributed by atoms with Crippen molar-refractivity contribution in [1.82, 2.24) is 19.7 Å². The molecule has 128 valence electrons. The molecule has 1 aliphatic heterocycles. The van der Waals surface area contributed by atoms with Crippen molar-refractivity contribution in [2.45, 2.75) is 39.3 Å². The van der Waals surface area contributed by atoms with E-state index in [1.807, 2.05) is 53.9 Å². The Morgan fingerprint density at radius 2 is 2.16 bits per heavy atom. The average molecular weight is 334 g/mol. The number of benzene rings is 1. The van der Waals surface area contributed by atoms with Crippen LogP contribution in [0.2, 0.25) is 0 Å². The van der Waals surface area contributed by atoms with Crippen LogP contribution < -0.4 is 0 Å². The lowest BCUT2D eigenvalue weighted by Gasteiger charge is -2.25. The van der Waals surface area contributed by atoms with Crippen LogP contribution in [0.25, 0.3) is 10.9 Å². The number of fused-ring (bicyclic) bond motifs is 1. The number of aryl methyl sites for hydroxylation is 2. The normalized spacial score (nSPS) is 17.4. The second kappa shape index (κ2) is 6.31. The van der Waals surface area contributed by atoms with E-state index in [2.05, 4.69) is 16.1 Å². The number of carbonyl (C=O) groups is 1. The predicted molar refractivity (Wildman–Crippen MR) is 97.5 cm³/mol. The van der Waals surface area contributed by atoms with Gasteiger partial charge in [-0.25, -0.2) is 0 Å². The summed E-state index contributed by atoms with van der Waals surface area (Å²) in [6.45, 7) is 5.55. The highest BCUT2D eigenvalue weighted by molar-refractivity contribution is 6.06. The first kappa shape index (κ1) is 15.8. The maximum atomic E-state index is 13.3. The molecule has 25 heavy (non-hydrogen) atoms. The maximum Gasteiger partial charge on any atom is 0.254 e. The number of carbonyl (C=O) groups excluding carboxylic acids is 1. The van der Waals surface area contributed by atoms with Crippen LogP contribution in [0.15, 0.2) is 42.7 Å². The van der Waals surface area contributed by atoms with Crippen LogP contribution in [-0.2, 0) is 6.54 Å². The smallest absolute Gasteiger partial charge is 0.254 e. The molecule has 3 aromatic rings. The molecule has 0 N–H and O–H groups in total. The van der Waals surface area contributed by atoms with Crippen molar-refractivity contribution in [2.24, 2.45) is 0 Å². The Labute approximate surface area is 147 Å². The quantitative estimate of drug-likeness (QED) is 0.738. The van der Waals surface area contributed by atoms with Crippen molar-refractivity contribution in [3.05, 3.63) is 59.5 Å². The fourth-order valence-electron chi connectivity index (χ4n) is 3.72. The van der Waals surface area contributed by atoms with Gasteiger partial charge in [-0.15, -0.1) is 0 Å². The van der Waals surface area contributed by atoms with Crippen molar-refractivity contribution in [1.29, 1.82) is 0 Å². The summed E-state index contributed by atoms with van der Waals surface area (Å²) in [5, 5.41) is 5.24. The summed E-state index contributed by atoms with van der Waals surface area (Å²) < 4.78 is 1.91. The molecule has 1 atom stereocenters. The number of pyridine rings is 1. The molecule has 1 saturated heterocycles. The SMILES string of the molecule is Cc1ccc2nc(C)cc(C(=O)N3CCC[C@@H]3Cn3cccn3)c2c1. The second-order valence-corrected chi connectivity index (χ2v) is 6.85. The van der Waals surface area contributed by atoms with Gasteiger partial charge in [-0.3, -0.25) is 14.5 Å². The fourth-order valence-corrected chi connectivity index (χ4v) is 3.72. The van der Waals surface area contributed by atoms with Crippen LogP contribution in [0.4, 0.5) is 0 Å². The van der Waals surface area contributed by atoms with Crippen molar-refractivity contribution < 1.29 is 4.79 Å². The Morgan fingerprint density at radius 1 is 1.28 bits per heavy atom. The van der Waals surface area contributed by atoms with Gasteiger partial charge in [0.05, 0.1) is 23.7 Å². The zero-order valence-corrected chi connectivity index (χ0v) is 14.6. The fraction of sp³-hybridized carbons (Fsp3) is 0.350. The largest absolute Gasteiger partial charge is 0.334 e. The second-order valence-electron chi connectivity index (χ2n) is 6.85. The number of hydrogen-bond acceptors (Lipinski definition) is 3. The zero-order chi connectivity index (χ0) is 17.4. The monoisotopic (exact) mass is 334 g/mol. The van der Waals surface area contributed by atoms with E-state index in [4.69, 9.17) is 0 Å². The Morgan fingerprint density at radius 3 is 2.96 bits per heavy atom.